The van der Waals surface area contributed by atoms with E-state index in [0.717, 1.165) is 24.5 Å². The Labute approximate surface area is 91.5 Å². The molecule has 0 aromatic carbocycles. The standard InChI is InChI=1S/C12H21NO2/c1-9-7-11(10(2)15-9)8-13-12(3,4)5-6-14/h7,13-14H,5-6,8H2,1-4H3. The summed E-state index contributed by atoms with van der Waals surface area (Å²) in [5.41, 5.74) is 1.16. The Morgan fingerprint density at radius 2 is 2.07 bits per heavy atom. The Balaban J connectivity index is 2.53. The van der Waals surface area contributed by atoms with Crippen molar-refractivity contribution >= 4 is 0 Å². The summed E-state index contributed by atoms with van der Waals surface area (Å²) in [5.74, 6) is 1.92. The Morgan fingerprint density at radius 3 is 2.53 bits per heavy atom. The quantitative estimate of drug-likeness (QED) is 0.784. The fraction of sp³-hybridized carbons (Fsp3) is 0.667. The number of nitrogens with one attached hydrogen (secondary N) is 1. The van der Waals surface area contributed by atoms with Gasteiger partial charge in [0.05, 0.1) is 0 Å². The highest BCUT2D eigenvalue weighted by Gasteiger charge is 2.16. The molecule has 0 fully saturated rings. The predicted molar refractivity (Wildman–Crippen MR) is 60.8 cm³/mol. The Hall–Kier alpha value is -0.800. The molecule has 0 amide bonds. The number of hydrogen-bond donors (Lipinski definition) is 2. The molecule has 1 aromatic rings. The molecular formula is C12H21NO2. The lowest BCUT2D eigenvalue weighted by atomic mass is 10.0. The van der Waals surface area contributed by atoms with Crippen LogP contribution in [0.5, 0.6) is 0 Å². The van der Waals surface area contributed by atoms with E-state index in [1.807, 2.05) is 13.8 Å². The van der Waals surface area contributed by atoms with E-state index in [1.165, 1.54) is 5.56 Å². The summed E-state index contributed by atoms with van der Waals surface area (Å²) in [5, 5.41) is 12.3. The summed E-state index contributed by atoms with van der Waals surface area (Å²) < 4.78 is 5.45. The molecule has 0 atom stereocenters. The van der Waals surface area contributed by atoms with Crippen LogP contribution in [-0.2, 0) is 6.54 Å². The van der Waals surface area contributed by atoms with Crippen LogP contribution >= 0.6 is 0 Å². The molecule has 0 bridgehead atoms. The first-order valence-electron chi connectivity index (χ1n) is 5.36. The van der Waals surface area contributed by atoms with Gasteiger partial charge in [0.1, 0.15) is 11.5 Å². The fourth-order valence-corrected chi connectivity index (χ4v) is 1.56. The van der Waals surface area contributed by atoms with Gasteiger partial charge in [0.15, 0.2) is 0 Å². The van der Waals surface area contributed by atoms with Crippen molar-refractivity contribution in [3.8, 4) is 0 Å². The van der Waals surface area contributed by atoms with Gasteiger partial charge >= 0.3 is 0 Å². The third-order valence-corrected chi connectivity index (χ3v) is 2.64. The summed E-state index contributed by atoms with van der Waals surface area (Å²) in [6.45, 7) is 9.11. The Kier molecular flexibility index (Phi) is 3.94. The SMILES string of the molecule is Cc1cc(CNC(C)(C)CCO)c(C)o1. The van der Waals surface area contributed by atoms with Crippen molar-refractivity contribution < 1.29 is 9.52 Å². The molecule has 0 spiro atoms. The maximum absolute atomic E-state index is 8.90. The maximum atomic E-state index is 8.90. The molecule has 86 valence electrons. The monoisotopic (exact) mass is 211 g/mol. The molecule has 1 rings (SSSR count). The summed E-state index contributed by atoms with van der Waals surface area (Å²) in [7, 11) is 0. The summed E-state index contributed by atoms with van der Waals surface area (Å²) >= 11 is 0. The molecule has 0 unspecified atom stereocenters. The van der Waals surface area contributed by atoms with E-state index in [4.69, 9.17) is 9.52 Å². The molecule has 15 heavy (non-hydrogen) atoms. The van der Waals surface area contributed by atoms with Crippen LogP contribution in [0.25, 0.3) is 0 Å². The van der Waals surface area contributed by atoms with Gasteiger partial charge in [0, 0.05) is 24.3 Å². The molecule has 0 aliphatic heterocycles. The number of aliphatic hydroxyl groups is 1. The van der Waals surface area contributed by atoms with E-state index < -0.39 is 0 Å². The lowest BCUT2D eigenvalue weighted by Crippen LogP contribution is -2.39. The summed E-state index contributed by atoms with van der Waals surface area (Å²) in [6, 6.07) is 2.05. The third kappa shape index (κ3) is 3.68. The van der Waals surface area contributed by atoms with Gasteiger partial charge in [-0.3, -0.25) is 0 Å². The molecule has 0 radical (unpaired) electrons. The zero-order chi connectivity index (χ0) is 11.5. The van der Waals surface area contributed by atoms with Gasteiger partial charge in [-0.1, -0.05) is 0 Å². The van der Waals surface area contributed by atoms with Gasteiger partial charge in [-0.2, -0.15) is 0 Å². The van der Waals surface area contributed by atoms with Gasteiger partial charge in [0.25, 0.3) is 0 Å². The lowest BCUT2D eigenvalue weighted by Gasteiger charge is -2.25. The van der Waals surface area contributed by atoms with Crippen LogP contribution in [0, 0.1) is 13.8 Å². The average molecular weight is 211 g/mol. The van der Waals surface area contributed by atoms with Crippen molar-refractivity contribution in [2.45, 2.75) is 46.2 Å². The lowest BCUT2D eigenvalue weighted by molar-refractivity contribution is 0.230. The van der Waals surface area contributed by atoms with Crippen LogP contribution in [-0.4, -0.2) is 17.3 Å². The van der Waals surface area contributed by atoms with Gasteiger partial charge in [-0.15, -0.1) is 0 Å². The van der Waals surface area contributed by atoms with Crippen LogP contribution in [0.15, 0.2) is 10.5 Å². The van der Waals surface area contributed by atoms with Crippen molar-refractivity contribution in [3.05, 3.63) is 23.2 Å². The van der Waals surface area contributed by atoms with E-state index in [1.54, 1.807) is 0 Å². The second-order valence-corrected chi connectivity index (χ2v) is 4.65. The van der Waals surface area contributed by atoms with Gasteiger partial charge < -0.3 is 14.8 Å². The molecule has 1 heterocycles. The molecule has 1 aromatic heterocycles. The summed E-state index contributed by atoms with van der Waals surface area (Å²) in [6.07, 6.45) is 0.753. The highest BCUT2D eigenvalue weighted by molar-refractivity contribution is 5.20. The fourth-order valence-electron chi connectivity index (χ4n) is 1.56. The van der Waals surface area contributed by atoms with Gasteiger partial charge in [0.2, 0.25) is 0 Å². The highest BCUT2D eigenvalue weighted by atomic mass is 16.3. The van der Waals surface area contributed by atoms with Gasteiger partial charge in [-0.25, -0.2) is 0 Å². The Morgan fingerprint density at radius 1 is 1.40 bits per heavy atom. The van der Waals surface area contributed by atoms with E-state index in [0.29, 0.717) is 0 Å². The molecule has 0 saturated carbocycles. The topological polar surface area (TPSA) is 45.4 Å². The van der Waals surface area contributed by atoms with Crippen LogP contribution in [0.4, 0.5) is 0 Å². The van der Waals surface area contributed by atoms with Crippen molar-refractivity contribution in [1.29, 1.82) is 0 Å². The Bertz CT molecular complexity index is 315. The zero-order valence-corrected chi connectivity index (χ0v) is 10.1. The van der Waals surface area contributed by atoms with E-state index in [2.05, 4.69) is 25.2 Å². The number of rotatable bonds is 5. The zero-order valence-electron chi connectivity index (χ0n) is 10.1. The second-order valence-electron chi connectivity index (χ2n) is 4.65. The third-order valence-electron chi connectivity index (χ3n) is 2.64. The molecule has 0 aliphatic carbocycles. The number of hydrogen-bond acceptors (Lipinski definition) is 3. The van der Waals surface area contributed by atoms with Crippen molar-refractivity contribution in [2.75, 3.05) is 6.61 Å². The number of aliphatic hydroxyl groups excluding tert-OH is 1. The summed E-state index contributed by atoms with van der Waals surface area (Å²) in [4.78, 5) is 0. The number of aryl methyl sites for hydroxylation is 2. The largest absolute Gasteiger partial charge is 0.466 e. The smallest absolute Gasteiger partial charge is 0.105 e. The van der Waals surface area contributed by atoms with E-state index in [9.17, 15) is 0 Å². The first-order valence-corrected chi connectivity index (χ1v) is 5.36. The highest BCUT2D eigenvalue weighted by Crippen LogP contribution is 2.15. The molecule has 2 N–H and O–H groups in total. The first kappa shape index (κ1) is 12.3. The van der Waals surface area contributed by atoms with Crippen molar-refractivity contribution in [1.82, 2.24) is 5.32 Å². The average Bonchev–Trinajstić information content (AvgIpc) is 2.42. The van der Waals surface area contributed by atoms with Gasteiger partial charge in [-0.05, 0) is 40.2 Å². The predicted octanol–water partition coefficient (Wildman–Crippen LogP) is 2.15. The molecule has 3 nitrogen and oxygen atoms in total. The van der Waals surface area contributed by atoms with Crippen molar-refractivity contribution in [2.24, 2.45) is 0 Å². The maximum Gasteiger partial charge on any atom is 0.105 e. The molecule has 0 saturated heterocycles. The first-order chi connectivity index (χ1) is 6.94. The number of furan rings is 1. The molecule has 0 aliphatic rings. The van der Waals surface area contributed by atoms with Crippen LogP contribution in [0.2, 0.25) is 0 Å². The molecular weight excluding hydrogens is 190 g/mol. The second kappa shape index (κ2) is 4.81. The van der Waals surface area contributed by atoms with E-state index in [-0.39, 0.29) is 12.1 Å². The van der Waals surface area contributed by atoms with Crippen molar-refractivity contribution in [3.63, 3.8) is 0 Å². The minimum absolute atomic E-state index is 0.0354. The minimum Gasteiger partial charge on any atom is -0.466 e. The van der Waals surface area contributed by atoms with Crippen LogP contribution in [0.3, 0.4) is 0 Å². The minimum atomic E-state index is -0.0354. The van der Waals surface area contributed by atoms with Crippen LogP contribution in [0.1, 0.15) is 37.4 Å². The normalized spacial score (nSPS) is 12.1. The van der Waals surface area contributed by atoms with Crippen LogP contribution < -0.4 is 5.32 Å². The van der Waals surface area contributed by atoms with E-state index >= 15 is 0 Å². The molecule has 3 heteroatoms.